The molecule has 0 N–H and O–H groups in total. The molecule has 0 spiro atoms. The number of hydrogen-bond acceptors (Lipinski definition) is 5. The van der Waals surface area contributed by atoms with Gasteiger partial charge in [-0.25, -0.2) is 9.67 Å². The molecule has 0 fully saturated rings. The summed E-state index contributed by atoms with van der Waals surface area (Å²) in [5.41, 5.74) is 1.43. The molecule has 0 bridgehead atoms. The summed E-state index contributed by atoms with van der Waals surface area (Å²) in [7, 11) is 0. The van der Waals surface area contributed by atoms with Crippen LogP contribution in [-0.2, 0) is 19.5 Å². The second-order valence-electron chi connectivity index (χ2n) is 6.08. The SMILES string of the molecule is O=c1c2cnn(CCOc3ccccc3)c2ncn1CCc1ccccn1. The van der Waals surface area contributed by atoms with Crippen LogP contribution in [0.4, 0.5) is 0 Å². The van der Waals surface area contributed by atoms with Gasteiger partial charge in [-0.05, 0) is 24.3 Å². The molecule has 0 unspecified atom stereocenters. The predicted octanol–water partition coefficient (Wildman–Crippen LogP) is 2.31. The fourth-order valence-corrected chi connectivity index (χ4v) is 2.87. The fourth-order valence-electron chi connectivity index (χ4n) is 2.87. The molecular weight excluding hydrogens is 342 g/mol. The van der Waals surface area contributed by atoms with E-state index < -0.39 is 0 Å². The number of fused-ring (bicyclic) bond motifs is 1. The third-order valence-corrected chi connectivity index (χ3v) is 4.27. The summed E-state index contributed by atoms with van der Waals surface area (Å²) in [6.07, 6.45) is 5.57. The van der Waals surface area contributed by atoms with Crippen LogP contribution in [0.5, 0.6) is 5.75 Å². The van der Waals surface area contributed by atoms with Crippen molar-refractivity contribution in [2.24, 2.45) is 0 Å². The number of aromatic nitrogens is 5. The molecule has 0 aliphatic rings. The smallest absolute Gasteiger partial charge is 0.264 e. The first kappa shape index (κ1) is 17.0. The van der Waals surface area contributed by atoms with Crippen LogP contribution in [0, 0.1) is 0 Å². The zero-order valence-electron chi connectivity index (χ0n) is 14.7. The van der Waals surface area contributed by atoms with Gasteiger partial charge in [-0.1, -0.05) is 24.3 Å². The van der Waals surface area contributed by atoms with Gasteiger partial charge in [0, 0.05) is 24.9 Å². The largest absolute Gasteiger partial charge is 0.492 e. The average molecular weight is 361 g/mol. The lowest BCUT2D eigenvalue weighted by Gasteiger charge is -2.07. The van der Waals surface area contributed by atoms with E-state index in [9.17, 15) is 4.79 Å². The molecule has 0 aliphatic heterocycles. The summed E-state index contributed by atoms with van der Waals surface area (Å²) in [5.74, 6) is 0.804. The van der Waals surface area contributed by atoms with Crippen LogP contribution in [0.1, 0.15) is 5.69 Å². The van der Waals surface area contributed by atoms with E-state index in [1.165, 1.54) is 0 Å². The van der Waals surface area contributed by atoms with Crippen LogP contribution in [0.15, 0.2) is 72.0 Å². The molecule has 4 aromatic rings. The summed E-state index contributed by atoms with van der Waals surface area (Å²) in [6.45, 7) is 1.50. The molecule has 1 aromatic carbocycles. The number of rotatable bonds is 7. The Balaban J connectivity index is 1.45. The fraction of sp³-hybridized carbons (Fsp3) is 0.200. The predicted molar refractivity (Wildman–Crippen MR) is 102 cm³/mol. The number of nitrogens with zero attached hydrogens (tertiary/aromatic N) is 5. The van der Waals surface area contributed by atoms with Crippen LogP contribution < -0.4 is 10.3 Å². The Kier molecular flexibility index (Phi) is 4.91. The van der Waals surface area contributed by atoms with Gasteiger partial charge < -0.3 is 4.74 Å². The van der Waals surface area contributed by atoms with Gasteiger partial charge in [0.25, 0.3) is 5.56 Å². The van der Waals surface area contributed by atoms with Gasteiger partial charge in [0.2, 0.25) is 0 Å². The van der Waals surface area contributed by atoms with Gasteiger partial charge in [0.15, 0.2) is 5.65 Å². The van der Waals surface area contributed by atoms with Crippen molar-refractivity contribution in [3.8, 4) is 5.75 Å². The maximum Gasteiger partial charge on any atom is 0.264 e. The molecule has 0 aliphatic carbocycles. The molecule has 27 heavy (non-hydrogen) atoms. The Morgan fingerprint density at radius 3 is 2.63 bits per heavy atom. The lowest BCUT2D eigenvalue weighted by atomic mass is 10.2. The zero-order valence-corrected chi connectivity index (χ0v) is 14.7. The van der Waals surface area contributed by atoms with Crippen molar-refractivity contribution in [3.63, 3.8) is 0 Å². The Bertz CT molecular complexity index is 1070. The third-order valence-electron chi connectivity index (χ3n) is 4.27. The Morgan fingerprint density at radius 2 is 1.81 bits per heavy atom. The minimum Gasteiger partial charge on any atom is -0.492 e. The summed E-state index contributed by atoms with van der Waals surface area (Å²) < 4.78 is 8.99. The van der Waals surface area contributed by atoms with Crippen LogP contribution >= 0.6 is 0 Å². The Labute approximate surface area is 155 Å². The second kappa shape index (κ2) is 7.82. The number of pyridine rings is 1. The highest BCUT2D eigenvalue weighted by Gasteiger charge is 2.10. The van der Waals surface area contributed by atoms with Crippen LogP contribution in [0.2, 0.25) is 0 Å². The van der Waals surface area contributed by atoms with Crippen LogP contribution in [0.3, 0.4) is 0 Å². The number of ether oxygens (including phenoxy) is 1. The number of para-hydroxylation sites is 1. The molecule has 3 aromatic heterocycles. The molecular formula is C20H19N5O2. The second-order valence-corrected chi connectivity index (χ2v) is 6.08. The van der Waals surface area contributed by atoms with Crippen molar-refractivity contribution in [2.75, 3.05) is 6.61 Å². The summed E-state index contributed by atoms with van der Waals surface area (Å²) in [6, 6.07) is 15.4. The van der Waals surface area contributed by atoms with Gasteiger partial charge in [-0.15, -0.1) is 0 Å². The average Bonchev–Trinajstić information content (AvgIpc) is 3.13. The molecule has 3 heterocycles. The van der Waals surface area contributed by atoms with E-state index in [1.54, 1.807) is 28.0 Å². The third kappa shape index (κ3) is 3.87. The number of aryl methyl sites for hydroxylation is 2. The van der Waals surface area contributed by atoms with E-state index in [-0.39, 0.29) is 5.56 Å². The van der Waals surface area contributed by atoms with Crippen molar-refractivity contribution < 1.29 is 4.74 Å². The van der Waals surface area contributed by atoms with Crippen molar-refractivity contribution in [3.05, 3.63) is 83.3 Å². The normalized spacial score (nSPS) is 11.0. The summed E-state index contributed by atoms with van der Waals surface area (Å²) in [5, 5.41) is 4.81. The standard InChI is InChI=1S/C20H19N5O2/c26-20-18-14-23-25(12-13-27-17-7-2-1-3-8-17)19(18)22-15-24(20)11-9-16-6-4-5-10-21-16/h1-8,10,14-15H,9,11-13H2. The lowest BCUT2D eigenvalue weighted by Crippen LogP contribution is -2.22. The minimum atomic E-state index is -0.0915. The highest BCUT2D eigenvalue weighted by molar-refractivity contribution is 5.72. The topological polar surface area (TPSA) is 74.8 Å². The lowest BCUT2D eigenvalue weighted by molar-refractivity contribution is 0.293. The van der Waals surface area contributed by atoms with Gasteiger partial charge >= 0.3 is 0 Å². The van der Waals surface area contributed by atoms with Crippen LogP contribution in [-0.4, -0.2) is 30.9 Å². The number of hydrogen-bond donors (Lipinski definition) is 0. The molecule has 0 atom stereocenters. The Hall–Kier alpha value is -3.48. The first-order valence-corrected chi connectivity index (χ1v) is 8.80. The van der Waals surface area contributed by atoms with E-state index in [1.807, 2.05) is 48.5 Å². The molecule has 0 amide bonds. The van der Waals surface area contributed by atoms with Crippen molar-refractivity contribution in [1.29, 1.82) is 0 Å². The molecule has 4 rings (SSSR count). The van der Waals surface area contributed by atoms with Gasteiger partial charge in [-0.2, -0.15) is 5.10 Å². The molecule has 0 saturated carbocycles. The van der Waals surface area contributed by atoms with Crippen molar-refractivity contribution in [1.82, 2.24) is 24.3 Å². The summed E-state index contributed by atoms with van der Waals surface area (Å²) >= 11 is 0. The highest BCUT2D eigenvalue weighted by Crippen LogP contribution is 2.10. The molecule has 0 radical (unpaired) electrons. The van der Waals surface area contributed by atoms with E-state index in [0.717, 1.165) is 11.4 Å². The van der Waals surface area contributed by atoms with Crippen LogP contribution in [0.25, 0.3) is 11.0 Å². The Morgan fingerprint density at radius 1 is 0.963 bits per heavy atom. The monoisotopic (exact) mass is 361 g/mol. The van der Waals surface area contributed by atoms with Crippen molar-refractivity contribution in [2.45, 2.75) is 19.5 Å². The summed E-state index contributed by atoms with van der Waals surface area (Å²) in [4.78, 5) is 21.4. The first-order valence-electron chi connectivity index (χ1n) is 8.80. The molecule has 0 saturated heterocycles. The van der Waals surface area contributed by atoms with Crippen molar-refractivity contribution >= 4 is 11.0 Å². The molecule has 7 heteroatoms. The molecule has 7 nitrogen and oxygen atoms in total. The zero-order chi connectivity index (χ0) is 18.5. The molecule has 136 valence electrons. The van der Waals surface area contributed by atoms with E-state index in [2.05, 4.69) is 15.1 Å². The number of benzene rings is 1. The van der Waals surface area contributed by atoms with E-state index in [4.69, 9.17) is 4.74 Å². The maximum absolute atomic E-state index is 12.7. The van der Waals surface area contributed by atoms with Gasteiger partial charge in [-0.3, -0.25) is 14.3 Å². The first-order chi connectivity index (χ1) is 13.3. The van der Waals surface area contributed by atoms with E-state index in [0.29, 0.717) is 37.2 Å². The highest BCUT2D eigenvalue weighted by atomic mass is 16.5. The van der Waals surface area contributed by atoms with E-state index >= 15 is 0 Å². The maximum atomic E-state index is 12.7. The van der Waals surface area contributed by atoms with Gasteiger partial charge in [0.05, 0.1) is 19.1 Å². The minimum absolute atomic E-state index is 0.0915. The van der Waals surface area contributed by atoms with Gasteiger partial charge in [0.1, 0.15) is 17.7 Å². The quantitative estimate of drug-likeness (QED) is 0.505.